The molecule has 1 rings (SSSR count). The molecule has 1 aromatic rings. The van der Waals surface area contributed by atoms with Crippen molar-refractivity contribution in [2.75, 3.05) is 33.0 Å². The Morgan fingerprint density at radius 3 is 2.40 bits per heavy atom. The van der Waals surface area contributed by atoms with Crippen LogP contribution in [0.2, 0.25) is 0 Å². The summed E-state index contributed by atoms with van der Waals surface area (Å²) in [6, 6.07) is 3.92. The summed E-state index contributed by atoms with van der Waals surface area (Å²) in [6.45, 7) is 6.37. The number of aryl methyl sites for hydroxylation is 2. The molecule has 5 nitrogen and oxygen atoms in total. The third kappa shape index (κ3) is 12.6. The minimum atomic E-state index is 0.159. The quantitative estimate of drug-likeness (QED) is 0.152. The second-order valence-corrected chi connectivity index (χ2v) is 8.08. The van der Waals surface area contributed by atoms with Crippen molar-refractivity contribution in [3.05, 3.63) is 44.4 Å². The van der Waals surface area contributed by atoms with Gasteiger partial charge in [-0.2, -0.15) is 0 Å². The molecule has 0 amide bonds. The lowest BCUT2D eigenvalue weighted by Gasteiger charge is -2.15. The van der Waals surface area contributed by atoms with Crippen LogP contribution in [-0.4, -0.2) is 39.2 Å². The van der Waals surface area contributed by atoms with Crippen LogP contribution >= 0.6 is 46.4 Å². The zero-order valence-corrected chi connectivity index (χ0v) is 20.2. The highest BCUT2D eigenvalue weighted by molar-refractivity contribution is 6.56. The molecule has 0 N–H and O–H groups in total. The van der Waals surface area contributed by atoms with Crippen LogP contribution in [0.1, 0.15) is 30.9 Å². The Balaban J connectivity index is 2.28. The summed E-state index contributed by atoms with van der Waals surface area (Å²) in [5.41, 5.74) is 2.11. The topological polar surface area (TPSA) is 49.3 Å². The summed E-state index contributed by atoms with van der Waals surface area (Å²) >= 11 is 22.1. The molecule has 0 aliphatic rings. The minimum absolute atomic E-state index is 0.159. The summed E-state index contributed by atoms with van der Waals surface area (Å²) < 4.78 is 17.6. The van der Waals surface area contributed by atoms with E-state index >= 15 is 0 Å². The molecule has 0 aromatic heterocycles. The minimum Gasteiger partial charge on any atom is -0.493 e. The highest BCUT2D eigenvalue weighted by atomic mass is 35.5. The Bertz CT molecular complexity index is 715. The van der Waals surface area contributed by atoms with Gasteiger partial charge in [0.1, 0.15) is 33.7 Å². The first-order chi connectivity index (χ1) is 14.4. The van der Waals surface area contributed by atoms with Crippen LogP contribution in [0, 0.1) is 6.92 Å². The second-order valence-electron chi connectivity index (χ2n) is 6.07. The molecule has 0 aliphatic carbocycles. The maximum Gasteiger partial charge on any atom is 0.138 e. The number of halogens is 4. The van der Waals surface area contributed by atoms with E-state index in [-0.39, 0.29) is 15.6 Å². The number of hydrogen-bond donors (Lipinski definition) is 0. The Morgan fingerprint density at radius 1 is 0.967 bits per heavy atom. The summed E-state index contributed by atoms with van der Waals surface area (Å²) in [5, 5.41) is 3.76. The van der Waals surface area contributed by atoms with E-state index in [1.807, 2.05) is 19.1 Å². The zero-order valence-electron chi connectivity index (χ0n) is 17.1. The molecule has 0 aliphatic heterocycles. The molecular formula is C21H27Cl4NO4. The molecule has 0 heterocycles. The van der Waals surface area contributed by atoms with E-state index < -0.39 is 0 Å². The van der Waals surface area contributed by atoms with Crippen LogP contribution in [0.4, 0.5) is 0 Å². The van der Waals surface area contributed by atoms with E-state index in [1.54, 1.807) is 12.3 Å². The monoisotopic (exact) mass is 497 g/mol. The summed E-state index contributed by atoms with van der Waals surface area (Å²) in [7, 11) is 0. The molecule has 1 aromatic carbocycles. The predicted octanol–water partition coefficient (Wildman–Crippen LogP) is 6.75. The molecule has 0 saturated heterocycles. The van der Waals surface area contributed by atoms with Gasteiger partial charge >= 0.3 is 0 Å². The van der Waals surface area contributed by atoms with Crippen LogP contribution in [0.15, 0.2) is 38.4 Å². The lowest BCUT2D eigenvalue weighted by atomic mass is 10.1. The summed E-state index contributed by atoms with van der Waals surface area (Å²) in [6.07, 6.45) is 7.03. The Labute approximate surface area is 198 Å². The standard InChI is InChI=1S/C21H27Cl4NO4/c1-3-17-15-18(28-12-6-19(22)23)14-16(2)21(17)29-11-5-10-27-9-4-8-26-30-13-7-20(24)25/h6-8,14-15H,3-5,9-13H2,1-2H3/b26-8+. The smallest absolute Gasteiger partial charge is 0.138 e. The fourth-order valence-electron chi connectivity index (χ4n) is 2.39. The van der Waals surface area contributed by atoms with Gasteiger partial charge in [-0.3, -0.25) is 0 Å². The average Bonchev–Trinajstić information content (AvgIpc) is 2.69. The normalized spacial score (nSPS) is 10.7. The summed E-state index contributed by atoms with van der Waals surface area (Å²) in [5.74, 6) is 1.66. The first-order valence-electron chi connectivity index (χ1n) is 9.57. The van der Waals surface area contributed by atoms with Crippen molar-refractivity contribution < 1.29 is 19.0 Å². The van der Waals surface area contributed by atoms with Crippen molar-refractivity contribution in [3.63, 3.8) is 0 Å². The van der Waals surface area contributed by atoms with Crippen LogP contribution in [0.3, 0.4) is 0 Å². The molecule has 9 heteroatoms. The third-order valence-electron chi connectivity index (χ3n) is 3.73. The fraction of sp³-hybridized carbons (Fsp3) is 0.476. The number of rotatable bonds is 15. The number of hydrogen-bond acceptors (Lipinski definition) is 5. The van der Waals surface area contributed by atoms with E-state index in [1.165, 1.54) is 6.08 Å². The van der Waals surface area contributed by atoms with Gasteiger partial charge in [0.25, 0.3) is 0 Å². The zero-order chi connectivity index (χ0) is 22.2. The third-order valence-corrected chi connectivity index (χ3v) is 4.34. The molecule has 0 atom stereocenters. The van der Waals surface area contributed by atoms with Gasteiger partial charge in [0.05, 0.1) is 13.2 Å². The van der Waals surface area contributed by atoms with Crippen molar-refractivity contribution in [1.82, 2.24) is 0 Å². The van der Waals surface area contributed by atoms with Gasteiger partial charge in [-0.1, -0.05) is 58.5 Å². The van der Waals surface area contributed by atoms with E-state index in [2.05, 4.69) is 12.1 Å². The van der Waals surface area contributed by atoms with Gasteiger partial charge in [0.15, 0.2) is 0 Å². The van der Waals surface area contributed by atoms with Crippen LogP contribution in [-0.2, 0) is 16.0 Å². The van der Waals surface area contributed by atoms with Gasteiger partial charge in [0.2, 0.25) is 0 Å². The maximum atomic E-state index is 5.98. The van der Waals surface area contributed by atoms with Crippen LogP contribution in [0.25, 0.3) is 0 Å². The van der Waals surface area contributed by atoms with E-state index in [4.69, 9.17) is 65.5 Å². The van der Waals surface area contributed by atoms with Crippen molar-refractivity contribution in [1.29, 1.82) is 0 Å². The maximum absolute atomic E-state index is 5.98. The fourth-order valence-corrected chi connectivity index (χ4v) is 2.64. The van der Waals surface area contributed by atoms with E-state index in [0.29, 0.717) is 32.8 Å². The lowest BCUT2D eigenvalue weighted by Crippen LogP contribution is -2.07. The SMILES string of the molecule is CCc1cc(OCC=C(Cl)Cl)cc(C)c1OCCCOCC/C=N/OCC=C(Cl)Cl. The number of oxime groups is 1. The van der Waals surface area contributed by atoms with Gasteiger partial charge in [-0.25, -0.2) is 0 Å². The highest BCUT2D eigenvalue weighted by Crippen LogP contribution is 2.30. The molecule has 0 unspecified atom stereocenters. The van der Waals surface area contributed by atoms with Gasteiger partial charge in [0, 0.05) is 25.7 Å². The van der Waals surface area contributed by atoms with Gasteiger partial charge < -0.3 is 19.0 Å². The van der Waals surface area contributed by atoms with Crippen LogP contribution in [0.5, 0.6) is 11.5 Å². The van der Waals surface area contributed by atoms with Crippen molar-refractivity contribution in [3.8, 4) is 11.5 Å². The first-order valence-corrected chi connectivity index (χ1v) is 11.1. The van der Waals surface area contributed by atoms with Crippen molar-refractivity contribution in [2.24, 2.45) is 5.16 Å². The molecular weight excluding hydrogens is 472 g/mol. The molecule has 0 radical (unpaired) electrons. The Kier molecular flexibility index (Phi) is 14.9. The number of benzene rings is 1. The van der Waals surface area contributed by atoms with Crippen LogP contribution < -0.4 is 9.47 Å². The van der Waals surface area contributed by atoms with Crippen molar-refractivity contribution in [2.45, 2.75) is 33.1 Å². The Hall–Kier alpha value is -1.11. The molecule has 0 fully saturated rings. The number of ether oxygens (including phenoxy) is 3. The second kappa shape index (κ2) is 16.6. The van der Waals surface area contributed by atoms with Gasteiger partial charge in [-0.15, -0.1) is 0 Å². The molecule has 0 spiro atoms. The van der Waals surface area contributed by atoms with Gasteiger partial charge in [-0.05, 0) is 48.8 Å². The van der Waals surface area contributed by atoms with Crippen molar-refractivity contribution >= 4 is 52.6 Å². The molecule has 168 valence electrons. The molecule has 30 heavy (non-hydrogen) atoms. The average molecular weight is 499 g/mol. The lowest BCUT2D eigenvalue weighted by molar-refractivity contribution is 0.124. The predicted molar refractivity (Wildman–Crippen MR) is 126 cm³/mol. The largest absolute Gasteiger partial charge is 0.493 e. The number of nitrogens with zero attached hydrogens (tertiary/aromatic N) is 1. The highest BCUT2D eigenvalue weighted by Gasteiger charge is 2.09. The van der Waals surface area contributed by atoms with E-state index in [0.717, 1.165) is 35.5 Å². The molecule has 0 saturated carbocycles. The first kappa shape index (κ1) is 26.9. The molecule has 0 bridgehead atoms. The Morgan fingerprint density at radius 2 is 1.70 bits per heavy atom. The van der Waals surface area contributed by atoms with E-state index in [9.17, 15) is 0 Å². The summed E-state index contributed by atoms with van der Waals surface area (Å²) in [4.78, 5) is 4.94.